The maximum atomic E-state index is 13.6. The molecule has 1 unspecified atom stereocenters. The zero-order valence-corrected chi connectivity index (χ0v) is 20.9. The highest BCUT2D eigenvalue weighted by Gasteiger charge is 2.32. The molecule has 2 amide bonds. The minimum absolute atomic E-state index is 0.0795. The van der Waals surface area contributed by atoms with E-state index in [0.717, 1.165) is 21.7 Å². The van der Waals surface area contributed by atoms with E-state index in [0.29, 0.717) is 18.5 Å². The van der Waals surface area contributed by atoms with Crippen molar-refractivity contribution in [2.75, 3.05) is 17.1 Å². The molecule has 8 heteroatoms. The molecular formula is C25H35N3O4S. The van der Waals surface area contributed by atoms with Gasteiger partial charge in [-0.3, -0.25) is 13.9 Å². The van der Waals surface area contributed by atoms with Crippen LogP contribution in [0.4, 0.5) is 5.69 Å². The van der Waals surface area contributed by atoms with Gasteiger partial charge in [0.2, 0.25) is 21.8 Å². The van der Waals surface area contributed by atoms with Crippen LogP contribution < -0.4 is 9.62 Å². The van der Waals surface area contributed by atoms with Gasteiger partial charge in [0.15, 0.2) is 0 Å². The standard InChI is InChI=1S/C25H35N3O4S/c1-6-21-15-11-12-16-23(21)28(33(5,31)32)18-24(29)27(17-20-13-9-8-10-14-20)22(7-2)25(30)26-19(3)4/h8-16,19,22H,6-7,17-18H2,1-5H3,(H,26,30). The van der Waals surface area contributed by atoms with Crippen molar-refractivity contribution in [3.8, 4) is 0 Å². The molecule has 0 aliphatic rings. The van der Waals surface area contributed by atoms with Gasteiger partial charge in [-0.15, -0.1) is 0 Å². The van der Waals surface area contributed by atoms with Crippen molar-refractivity contribution in [2.45, 2.75) is 59.2 Å². The molecule has 0 radical (unpaired) electrons. The van der Waals surface area contributed by atoms with E-state index in [4.69, 9.17) is 0 Å². The summed E-state index contributed by atoms with van der Waals surface area (Å²) in [6, 6.07) is 15.7. The molecule has 7 nitrogen and oxygen atoms in total. The van der Waals surface area contributed by atoms with E-state index in [1.165, 1.54) is 4.90 Å². The van der Waals surface area contributed by atoms with Gasteiger partial charge in [-0.1, -0.05) is 62.4 Å². The Hall–Kier alpha value is -2.87. The van der Waals surface area contributed by atoms with Crippen LogP contribution in [0.25, 0.3) is 0 Å². The van der Waals surface area contributed by atoms with E-state index in [1.54, 1.807) is 12.1 Å². The number of anilines is 1. The summed E-state index contributed by atoms with van der Waals surface area (Å²) in [5.41, 5.74) is 2.17. The Kier molecular flexibility index (Phi) is 9.46. The molecule has 0 aliphatic carbocycles. The number of rotatable bonds is 11. The molecular weight excluding hydrogens is 438 g/mol. The van der Waals surface area contributed by atoms with Gasteiger partial charge in [-0.05, 0) is 43.9 Å². The first-order chi connectivity index (χ1) is 15.6. The highest BCUT2D eigenvalue weighted by molar-refractivity contribution is 7.92. The quantitative estimate of drug-likeness (QED) is 0.542. The predicted molar refractivity (Wildman–Crippen MR) is 132 cm³/mol. The van der Waals surface area contributed by atoms with Gasteiger partial charge in [0, 0.05) is 12.6 Å². The average molecular weight is 474 g/mol. The van der Waals surface area contributed by atoms with Crippen LogP contribution in [0.2, 0.25) is 0 Å². The van der Waals surface area contributed by atoms with E-state index < -0.39 is 22.0 Å². The molecule has 2 aromatic carbocycles. The molecule has 0 fully saturated rings. The highest BCUT2D eigenvalue weighted by atomic mass is 32.2. The fourth-order valence-corrected chi connectivity index (χ4v) is 4.61. The maximum absolute atomic E-state index is 13.6. The zero-order chi connectivity index (χ0) is 24.6. The largest absolute Gasteiger partial charge is 0.352 e. The molecule has 1 atom stereocenters. The van der Waals surface area contributed by atoms with Crippen LogP contribution in [0, 0.1) is 0 Å². The van der Waals surface area contributed by atoms with Crippen molar-refractivity contribution < 1.29 is 18.0 Å². The van der Waals surface area contributed by atoms with Crippen LogP contribution in [-0.2, 0) is 32.6 Å². The normalized spacial score (nSPS) is 12.3. The lowest BCUT2D eigenvalue weighted by molar-refractivity contribution is -0.140. The summed E-state index contributed by atoms with van der Waals surface area (Å²) in [5.74, 6) is -0.683. The van der Waals surface area contributed by atoms with Crippen LogP contribution >= 0.6 is 0 Å². The van der Waals surface area contributed by atoms with Gasteiger partial charge in [-0.2, -0.15) is 0 Å². The monoisotopic (exact) mass is 473 g/mol. The molecule has 0 aromatic heterocycles. The molecule has 0 aliphatic heterocycles. The lowest BCUT2D eigenvalue weighted by Gasteiger charge is -2.33. The average Bonchev–Trinajstić information content (AvgIpc) is 2.76. The summed E-state index contributed by atoms with van der Waals surface area (Å²) in [6.07, 6.45) is 2.12. The Bertz CT molecular complexity index is 1040. The minimum atomic E-state index is -3.74. The second-order valence-corrected chi connectivity index (χ2v) is 10.3. The molecule has 33 heavy (non-hydrogen) atoms. The van der Waals surface area contributed by atoms with E-state index in [1.807, 2.05) is 70.2 Å². The third-order valence-electron chi connectivity index (χ3n) is 5.33. The first-order valence-electron chi connectivity index (χ1n) is 11.3. The Morgan fingerprint density at radius 2 is 1.58 bits per heavy atom. The number of nitrogens with one attached hydrogen (secondary N) is 1. The van der Waals surface area contributed by atoms with Crippen molar-refractivity contribution in [1.29, 1.82) is 0 Å². The number of para-hydroxylation sites is 1. The van der Waals surface area contributed by atoms with Gasteiger partial charge in [0.25, 0.3) is 0 Å². The summed E-state index contributed by atoms with van der Waals surface area (Å²) in [6.45, 7) is 7.33. The number of benzene rings is 2. The maximum Gasteiger partial charge on any atom is 0.244 e. The van der Waals surface area contributed by atoms with Crippen LogP contribution in [0.1, 0.15) is 45.2 Å². The number of amides is 2. The van der Waals surface area contributed by atoms with Crippen molar-refractivity contribution in [1.82, 2.24) is 10.2 Å². The summed E-state index contributed by atoms with van der Waals surface area (Å²) < 4.78 is 26.6. The Morgan fingerprint density at radius 1 is 0.970 bits per heavy atom. The first-order valence-corrected chi connectivity index (χ1v) is 13.1. The van der Waals surface area contributed by atoms with Crippen LogP contribution in [0.5, 0.6) is 0 Å². The van der Waals surface area contributed by atoms with Crippen molar-refractivity contribution in [3.63, 3.8) is 0 Å². The van der Waals surface area contributed by atoms with E-state index in [-0.39, 0.29) is 25.0 Å². The molecule has 0 saturated carbocycles. The second kappa shape index (κ2) is 11.8. The smallest absolute Gasteiger partial charge is 0.244 e. The predicted octanol–water partition coefficient (Wildman–Crippen LogP) is 3.35. The number of sulfonamides is 1. The zero-order valence-electron chi connectivity index (χ0n) is 20.1. The van der Waals surface area contributed by atoms with E-state index in [2.05, 4.69) is 5.32 Å². The molecule has 0 bridgehead atoms. The SMILES string of the molecule is CCc1ccccc1N(CC(=O)N(Cc1ccccc1)C(CC)C(=O)NC(C)C)S(C)(=O)=O. The second-order valence-electron chi connectivity index (χ2n) is 8.35. The summed E-state index contributed by atoms with van der Waals surface area (Å²) in [5, 5.41) is 2.88. The summed E-state index contributed by atoms with van der Waals surface area (Å²) >= 11 is 0. The third kappa shape index (κ3) is 7.32. The number of aryl methyl sites for hydroxylation is 1. The highest BCUT2D eigenvalue weighted by Crippen LogP contribution is 2.24. The van der Waals surface area contributed by atoms with Gasteiger partial charge in [0.05, 0.1) is 11.9 Å². The Labute approximate surface area is 197 Å². The van der Waals surface area contributed by atoms with Gasteiger partial charge < -0.3 is 10.2 Å². The Balaban J connectivity index is 2.45. The number of carbonyl (C=O) groups is 2. The molecule has 0 saturated heterocycles. The van der Waals surface area contributed by atoms with Crippen LogP contribution in [0.3, 0.4) is 0 Å². The third-order valence-corrected chi connectivity index (χ3v) is 6.46. The number of carbonyl (C=O) groups excluding carboxylic acids is 2. The van der Waals surface area contributed by atoms with Crippen molar-refractivity contribution in [2.24, 2.45) is 0 Å². The Morgan fingerprint density at radius 3 is 2.12 bits per heavy atom. The summed E-state index contributed by atoms with van der Waals surface area (Å²) in [4.78, 5) is 28.0. The molecule has 2 rings (SSSR count). The van der Waals surface area contributed by atoms with Gasteiger partial charge in [-0.25, -0.2) is 8.42 Å². The number of hydrogen-bond donors (Lipinski definition) is 1. The van der Waals surface area contributed by atoms with E-state index >= 15 is 0 Å². The number of nitrogens with zero attached hydrogens (tertiary/aromatic N) is 2. The topological polar surface area (TPSA) is 86.8 Å². The minimum Gasteiger partial charge on any atom is -0.352 e. The number of hydrogen-bond acceptors (Lipinski definition) is 4. The summed E-state index contributed by atoms with van der Waals surface area (Å²) in [7, 11) is -3.74. The van der Waals surface area contributed by atoms with Crippen molar-refractivity contribution >= 4 is 27.5 Å². The fourth-order valence-electron chi connectivity index (χ4n) is 3.73. The first kappa shape index (κ1) is 26.4. The van der Waals surface area contributed by atoms with Gasteiger partial charge in [0.1, 0.15) is 12.6 Å². The van der Waals surface area contributed by atoms with Crippen LogP contribution in [-0.4, -0.2) is 50.0 Å². The molecule has 0 heterocycles. The molecule has 180 valence electrons. The lowest BCUT2D eigenvalue weighted by atomic mass is 10.1. The van der Waals surface area contributed by atoms with E-state index in [9.17, 15) is 18.0 Å². The molecule has 0 spiro atoms. The van der Waals surface area contributed by atoms with Crippen LogP contribution in [0.15, 0.2) is 54.6 Å². The van der Waals surface area contributed by atoms with Crippen molar-refractivity contribution in [3.05, 3.63) is 65.7 Å². The van der Waals surface area contributed by atoms with Gasteiger partial charge >= 0.3 is 0 Å². The molecule has 2 aromatic rings. The lowest BCUT2D eigenvalue weighted by Crippen LogP contribution is -2.53. The fraction of sp³-hybridized carbons (Fsp3) is 0.440. The molecule has 1 N–H and O–H groups in total.